The standard InChI is InChI=1S/C12H9ClN4O2/c1-6-9-4-7(3-8(5-14)12(18)19)10(13)15-11(9)17(2)16-6/h3-4H,1-2H3,(H,18,19)/b8-3+. The average molecular weight is 277 g/mol. The summed E-state index contributed by atoms with van der Waals surface area (Å²) >= 11 is 5.99. The molecule has 0 spiro atoms. The van der Waals surface area contributed by atoms with Crippen molar-refractivity contribution in [3.63, 3.8) is 0 Å². The second-order valence-electron chi connectivity index (χ2n) is 3.92. The first-order valence-corrected chi connectivity index (χ1v) is 5.66. The summed E-state index contributed by atoms with van der Waals surface area (Å²) in [6, 6.07) is 3.27. The lowest BCUT2D eigenvalue weighted by Gasteiger charge is -2.00. The molecule has 0 unspecified atom stereocenters. The van der Waals surface area contributed by atoms with Crippen molar-refractivity contribution < 1.29 is 9.90 Å². The summed E-state index contributed by atoms with van der Waals surface area (Å²) in [5, 5.41) is 22.7. The minimum atomic E-state index is -1.30. The van der Waals surface area contributed by atoms with Gasteiger partial charge < -0.3 is 5.11 Å². The maximum absolute atomic E-state index is 10.8. The molecule has 0 radical (unpaired) electrons. The van der Waals surface area contributed by atoms with Crippen molar-refractivity contribution >= 4 is 34.7 Å². The molecule has 0 aliphatic rings. The third-order valence-corrected chi connectivity index (χ3v) is 2.93. The lowest BCUT2D eigenvalue weighted by atomic mass is 10.1. The molecule has 2 aromatic rings. The van der Waals surface area contributed by atoms with Crippen LogP contribution in [0.4, 0.5) is 0 Å². The molecule has 96 valence electrons. The molecule has 0 saturated carbocycles. The molecule has 0 saturated heterocycles. The number of carbonyl (C=O) groups is 1. The van der Waals surface area contributed by atoms with Crippen LogP contribution in [0.2, 0.25) is 5.15 Å². The smallest absolute Gasteiger partial charge is 0.346 e. The highest BCUT2D eigenvalue weighted by Gasteiger charge is 2.12. The second kappa shape index (κ2) is 4.71. The van der Waals surface area contributed by atoms with E-state index in [1.165, 1.54) is 6.08 Å². The first-order chi connectivity index (χ1) is 8.93. The van der Waals surface area contributed by atoms with E-state index in [0.29, 0.717) is 11.2 Å². The molecule has 0 amide bonds. The van der Waals surface area contributed by atoms with Gasteiger partial charge in [0.15, 0.2) is 5.65 Å². The number of rotatable bonds is 2. The number of carboxylic acids is 1. The van der Waals surface area contributed by atoms with Crippen LogP contribution in [0.15, 0.2) is 11.6 Å². The molecule has 0 aliphatic carbocycles. The largest absolute Gasteiger partial charge is 0.477 e. The number of nitriles is 1. The average Bonchev–Trinajstić information content (AvgIpc) is 2.61. The molecular formula is C12H9ClN4O2. The van der Waals surface area contributed by atoms with Crippen molar-refractivity contribution in [2.75, 3.05) is 0 Å². The Morgan fingerprint density at radius 1 is 1.63 bits per heavy atom. The Morgan fingerprint density at radius 2 is 2.32 bits per heavy atom. The molecule has 0 fully saturated rings. The van der Waals surface area contributed by atoms with Crippen LogP contribution in [-0.4, -0.2) is 25.8 Å². The first-order valence-electron chi connectivity index (χ1n) is 5.29. The number of fused-ring (bicyclic) bond motifs is 1. The highest BCUT2D eigenvalue weighted by atomic mass is 35.5. The molecule has 1 N–H and O–H groups in total. The maximum Gasteiger partial charge on any atom is 0.346 e. The summed E-state index contributed by atoms with van der Waals surface area (Å²) in [5.41, 5.74) is 1.34. The SMILES string of the molecule is Cc1nn(C)c2nc(Cl)c(/C=C(\C#N)C(=O)O)cc12. The summed E-state index contributed by atoms with van der Waals surface area (Å²) < 4.78 is 1.59. The number of hydrogen-bond donors (Lipinski definition) is 1. The fourth-order valence-electron chi connectivity index (χ4n) is 1.74. The van der Waals surface area contributed by atoms with Crippen LogP contribution in [0.25, 0.3) is 17.1 Å². The minimum absolute atomic E-state index is 0.129. The lowest BCUT2D eigenvalue weighted by Crippen LogP contribution is -1.98. The molecule has 0 bridgehead atoms. The molecule has 6 nitrogen and oxygen atoms in total. The zero-order chi connectivity index (χ0) is 14.2. The van der Waals surface area contributed by atoms with E-state index in [2.05, 4.69) is 10.1 Å². The van der Waals surface area contributed by atoms with Crippen LogP contribution >= 0.6 is 11.6 Å². The van der Waals surface area contributed by atoms with Crippen molar-refractivity contribution in [3.05, 3.63) is 28.0 Å². The zero-order valence-electron chi connectivity index (χ0n) is 10.2. The predicted octanol–water partition coefficient (Wildman–Crippen LogP) is 1.92. The van der Waals surface area contributed by atoms with Gasteiger partial charge in [0.05, 0.1) is 5.69 Å². The van der Waals surface area contributed by atoms with Crippen molar-refractivity contribution in [2.24, 2.45) is 7.05 Å². The predicted molar refractivity (Wildman–Crippen MR) is 69.5 cm³/mol. The van der Waals surface area contributed by atoms with E-state index in [1.54, 1.807) is 23.9 Å². The lowest BCUT2D eigenvalue weighted by molar-refractivity contribution is -0.132. The molecule has 7 heteroatoms. The fourth-order valence-corrected chi connectivity index (χ4v) is 1.92. The number of aliphatic carboxylic acids is 1. The highest BCUT2D eigenvalue weighted by molar-refractivity contribution is 6.31. The summed E-state index contributed by atoms with van der Waals surface area (Å²) in [6.45, 7) is 1.81. The Labute approximate surface area is 113 Å². The summed E-state index contributed by atoms with van der Waals surface area (Å²) in [7, 11) is 1.74. The van der Waals surface area contributed by atoms with Gasteiger partial charge in [0.2, 0.25) is 0 Å². The van der Waals surface area contributed by atoms with Crippen LogP contribution in [0, 0.1) is 18.3 Å². The molecule has 0 aliphatic heterocycles. The molecular weight excluding hydrogens is 268 g/mol. The van der Waals surface area contributed by atoms with Gasteiger partial charge in [0.1, 0.15) is 16.8 Å². The van der Waals surface area contributed by atoms with Crippen LogP contribution in [0.3, 0.4) is 0 Å². The summed E-state index contributed by atoms with van der Waals surface area (Å²) in [4.78, 5) is 15.0. The van der Waals surface area contributed by atoms with Crippen molar-refractivity contribution in [1.29, 1.82) is 5.26 Å². The van der Waals surface area contributed by atoms with Crippen molar-refractivity contribution in [1.82, 2.24) is 14.8 Å². The molecule has 2 aromatic heterocycles. The second-order valence-corrected chi connectivity index (χ2v) is 4.28. The fraction of sp³-hybridized carbons (Fsp3) is 0.167. The van der Waals surface area contributed by atoms with Gasteiger partial charge in [-0.25, -0.2) is 9.78 Å². The monoisotopic (exact) mass is 276 g/mol. The van der Waals surface area contributed by atoms with E-state index in [9.17, 15) is 4.79 Å². The van der Waals surface area contributed by atoms with Gasteiger partial charge in [-0.15, -0.1) is 0 Å². The number of hydrogen-bond acceptors (Lipinski definition) is 4. The van der Waals surface area contributed by atoms with E-state index < -0.39 is 11.5 Å². The third-order valence-electron chi connectivity index (χ3n) is 2.63. The van der Waals surface area contributed by atoms with Crippen LogP contribution in [-0.2, 0) is 11.8 Å². The number of carboxylic acid groups (broad SMARTS) is 1. The van der Waals surface area contributed by atoms with E-state index >= 15 is 0 Å². The first kappa shape index (κ1) is 13.1. The topological polar surface area (TPSA) is 91.8 Å². The van der Waals surface area contributed by atoms with E-state index in [4.69, 9.17) is 22.0 Å². The van der Waals surface area contributed by atoms with E-state index in [1.807, 2.05) is 6.92 Å². The molecule has 0 atom stereocenters. The molecule has 19 heavy (non-hydrogen) atoms. The Bertz CT molecular complexity index is 755. The van der Waals surface area contributed by atoms with Crippen molar-refractivity contribution in [2.45, 2.75) is 6.92 Å². The Hall–Kier alpha value is -2.39. The van der Waals surface area contributed by atoms with Gasteiger partial charge in [-0.2, -0.15) is 10.4 Å². The van der Waals surface area contributed by atoms with E-state index in [0.717, 1.165) is 11.1 Å². The number of aromatic nitrogens is 3. The Kier molecular flexibility index (Phi) is 3.23. The zero-order valence-corrected chi connectivity index (χ0v) is 10.9. The van der Waals surface area contributed by atoms with Gasteiger partial charge >= 0.3 is 5.97 Å². The molecule has 2 heterocycles. The molecule has 2 rings (SSSR count). The number of nitrogens with zero attached hydrogens (tertiary/aromatic N) is 4. The maximum atomic E-state index is 10.8. The quantitative estimate of drug-likeness (QED) is 0.514. The molecule has 0 aromatic carbocycles. The Balaban J connectivity index is 2.69. The van der Waals surface area contributed by atoms with Crippen LogP contribution in [0.1, 0.15) is 11.3 Å². The van der Waals surface area contributed by atoms with Gasteiger partial charge in [0, 0.05) is 18.0 Å². The number of halogens is 1. The van der Waals surface area contributed by atoms with Gasteiger partial charge in [-0.3, -0.25) is 4.68 Å². The number of pyridine rings is 1. The van der Waals surface area contributed by atoms with Gasteiger partial charge in [-0.05, 0) is 19.1 Å². The van der Waals surface area contributed by atoms with E-state index in [-0.39, 0.29) is 5.15 Å². The third kappa shape index (κ3) is 2.28. The Morgan fingerprint density at radius 3 is 2.89 bits per heavy atom. The van der Waals surface area contributed by atoms with Gasteiger partial charge in [-0.1, -0.05) is 11.6 Å². The number of aryl methyl sites for hydroxylation is 2. The van der Waals surface area contributed by atoms with Crippen molar-refractivity contribution in [3.8, 4) is 6.07 Å². The normalized spacial score (nSPS) is 11.6. The highest BCUT2D eigenvalue weighted by Crippen LogP contribution is 2.24. The van der Waals surface area contributed by atoms with Crippen LogP contribution < -0.4 is 0 Å². The summed E-state index contributed by atoms with van der Waals surface area (Å²) in [6.07, 6.45) is 1.20. The summed E-state index contributed by atoms with van der Waals surface area (Å²) in [5.74, 6) is -1.30. The van der Waals surface area contributed by atoms with Crippen LogP contribution in [0.5, 0.6) is 0 Å². The van der Waals surface area contributed by atoms with Gasteiger partial charge in [0.25, 0.3) is 0 Å². The minimum Gasteiger partial charge on any atom is -0.477 e.